The first kappa shape index (κ1) is 13.6. The van der Waals surface area contributed by atoms with Crippen molar-refractivity contribution in [3.05, 3.63) is 30.0 Å². The average Bonchev–Trinajstić information content (AvgIpc) is 2.90. The quantitative estimate of drug-likeness (QED) is 0.898. The van der Waals surface area contributed by atoms with E-state index in [1.807, 2.05) is 14.0 Å². The van der Waals surface area contributed by atoms with Crippen molar-refractivity contribution in [2.45, 2.75) is 32.2 Å². The first-order valence-corrected chi connectivity index (χ1v) is 6.28. The maximum atomic E-state index is 12.8. The zero-order valence-electron chi connectivity index (χ0n) is 11.2. The van der Waals surface area contributed by atoms with Crippen molar-refractivity contribution in [1.29, 1.82) is 0 Å². The number of nitrogens with zero attached hydrogens (tertiary/aromatic N) is 3. The second kappa shape index (κ2) is 5.88. The molecule has 0 amide bonds. The van der Waals surface area contributed by atoms with E-state index in [4.69, 9.17) is 4.52 Å². The lowest BCUT2D eigenvalue weighted by Crippen LogP contribution is -2.30. The van der Waals surface area contributed by atoms with Crippen LogP contribution in [0.2, 0.25) is 0 Å². The van der Waals surface area contributed by atoms with Crippen molar-refractivity contribution in [3.8, 4) is 11.5 Å². The minimum Gasteiger partial charge on any atom is -0.339 e. The third-order valence-electron chi connectivity index (χ3n) is 3.20. The van der Waals surface area contributed by atoms with Crippen molar-refractivity contribution in [3.63, 3.8) is 0 Å². The van der Waals surface area contributed by atoms with Crippen LogP contribution < -0.4 is 5.32 Å². The molecule has 0 spiro atoms. The lowest BCUT2D eigenvalue weighted by atomic mass is 10.00. The third kappa shape index (κ3) is 2.96. The molecule has 2 rings (SSSR count). The Kier molecular flexibility index (Phi) is 4.21. The van der Waals surface area contributed by atoms with Gasteiger partial charge in [0.2, 0.25) is 11.7 Å². The van der Waals surface area contributed by atoms with Gasteiger partial charge in [0.15, 0.2) is 0 Å². The normalized spacial score (nSPS) is 14.3. The number of aromatic nitrogens is 3. The van der Waals surface area contributed by atoms with Crippen LogP contribution in [0, 0.1) is 5.82 Å². The van der Waals surface area contributed by atoms with Gasteiger partial charge in [0.05, 0.1) is 12.1 Å². The topological polar surface area (TPSA) is 63.8 Å². The van der Waals surface area contributed by atoms with Crippen LogP contribution in [0.15, 0.2) is 22.9 Å². The molecule has 19 heavy (non-hydrogen) atoms. The standard InChI is InChI=1S/C13H17FN4O/c1-4-10(15-3)8(2)13-17-12(18-19-13)11-6-5-9(14)7-16-11/h5-8,10,15H,4H2,1-3H3. The molecular formula is C13H17FN4O. The Hall–Kier alpha value is -1.82. The van der Waals surface area contributed by atoms with E-state index < -0.39 is 0 Å². The Morgan fingerprint density at radius 2 is 2.21 bits per heavy atom. The van der Waals surface area contributed by atoms with Gasteiger partial charge in [-0.2, -0.15) is 4.98 Å². The predicted octanol–water partition coefficient (Wildman–Crippen LogP) is 2.37. The highest BCUT2D eigenvalue weighted by Crippen LogP contribution is 2.22. The van der Waals surface area contributed by atoms with Gasteiger partial charge in [-0.1, -0.05) is 19.0 Å². The number of pyridine rings is 1. The number of likely N-dealkylation sites (N-methyl/N-ethyl adjacent to an activating group) is 1. The molecule has 0 aliphatic carbocycles. The minimum atomic E-state index is -0.387. The fourth-order valence-electron chi connectivity index (χ4n) is 2.01. The van der Waals surface area contributed by atoms with Gasteiger partial charge < -0.3 is 9.84 Å². The highest BCUT2D eigenvalue weighted by molar-refractivity contribution is 5.47. The van der Waals surface area contributed by atoms with Crippen molar-refractivity contribution >= 4 is 0 Å². The van der Waals surface area contributed by atoms with Crippen LogP contribution >= 0.6 is 0 Å². The van der Waals surface area contributed by atoms with E-state index in [0.717, 1.165) is 12.6 Å². The highest BCUT2D eigenvalue weighted by atomic mass is 19.1. The first-order valence-electron chi connectivity index (χ1n) is 6.28. The molecule has 0 aliphatic heterocycles. The van der Waals surface area contributed by atoms with E-state index in [1.54, 1.807) is 0 Å². The summed E-state index contributed by atoms with van der Waals surface area (Å²) in [5.41, 5.74) is 0.501. The third-order valence-corrected chi connectivity index (χ3v) is 3.20. The summed E-state index contributed by atoms with van der Waals surface area (Å²) in [6.07, 6.45) is 2.10. The molecule has 102 valence electrons. The monoisotopic (exact) mass is 264 g/mol. The number of hydrogen-bond donors (Lipinski definition) is 1. The van der Waals surface area contributed by atoms with Crippen molar-refractivity contribution in [2.24, 2.45) is 0 Å². The molecule has 2 atom stereocenters. The highest BCUT2D eigenvalue weighted by Gasteiger charge is 2.22. The van der Waals surface area contributed by atoms with Crippen LogP contribution in [0.25, 0.3) is 11.5 Å². The van der Waals surface area contributed by atoms with Crippen LogP contribution in [0.4, 0.5) is 4.39 Å². The van der Waals surface area contributed by atoms with Crippen LogP contribution in [0.3, 0.4) is 0 Å². The molecule has 0 saturated carbocycles. The second-order valence-corrected chi connectivity index (χ2v) is 4.41. The van der Waals surface area contributed by atoms with Crippen LogP contribution in [0.1, 0.15) is 32.1 Å². The fourth-order valence-corrected chi connectivity index (χ4v) is 2.01. The van der Waals surface area contributed by atoms with Gasteiger partial charge in [-0.25, -0.2) is 9.37 Å². The lowest BCUT2D eigenvalue weighted by Gasteiger charge is -2.18. The summed E-state index contributed by atoms with van der Waals surface area (Å²) in [4.78, 5) is 8.25. The second-order valence-electron chi connectivity index (χ2n) is 4.41. The molecule has 0 radical (unpaired) electrons. The molecule has 0 bridgehead atoms. The molecule has 0 fully saturated rings. The van der Waals surface area contributed by atoms with Crippen molar-refractivity contribution < 1.29 is 8.91 Å². The van der Waals surface area contributed by atoms with E-state index >= 15 is 0 Å². The molecule has 6 heteroatoms. The summed E-state index contributed by atoms with van der Waals surface area (Å²) >= 11 is 0. The molecule has 2 aromatic heterocycles. The average molecular weight is 264 g/mol. The Bertz CT molecular complexity index is 522. The maximum Gasteiger partial charge on any atom is 0.231 e. The van der Waals surface area contributed by atoms with Crippen LogP contribution in [-0.2, 0) is 0 Å². The predicted molar refractivity (Wildman–Crippen MR) is 69.0 cm³/mol. The molecule has 2 aromatic rings. The van der Waals surface area contributed by atoms with Crippen molar-refractivity contribution in [2.75, 3.05) is 7.05 Å². The van der Waals surface area contributed by atoms with E-state index in [1.165, 1.54) is 12.1 Å². The Morgan fingerprint density at radius 3 is 2.79 bits per heavy atom. The van der Waals surface area contributed by atoms with Gasteiger partial charge in [0.25, 0.3) is 0 Å². The van der Waals surface area contributed by atoms with Gasteiger partial charge in [0.1, 0.15) is 11.5 Å². The van der Waals surface area contributed by atoms with E-state index in [9.17, 15) is 4.39 Å². The van der Waals surface area contributed by atoms with E-state index in [-0.39, 0.29) is 17.8 Å². The zero-order chi connectivity index (χ0) is 13.8. The van der Waals surface area contributed by atoms with E-state index in [2.05, 4.69) is 27.4 Å². The largest absolute Gasteiger partial charge is 0.339 e. The van der Waals surface area contributed by atoms with Gasteiger partial charge in [-0.15, -0.1) is 0 Å². The SMILES string of the molecule is CCC(NC)C(C)c1nc(-c2ccc(F)cn2)no1. The minimum absolute atomic E-state index is 0.108. The molecular weight excluding hydrogens is 247 g/mol. The molecule has 0 saturated heterocycles. The number of rotatable bonds is 5. The number of nitrogens with one attached hydrogen (secondary N) is 1. The number of halogens is 1. The van der Waals surface area contributed by atoms with Crippen molar-refractivity contribution in [1.82, 2.24) is 20.4 Å². The summed E-state index contributed by atoms with van der Waals surface area (Å²) in [6.45, 7) is 4.12. The zero-order valence-corrected chi connectivity index (χ0v) is 11.2. The molecule has 0 aliphatic rings. The maximum absolute atomic E-state index is 12.8. The molecule has 0 aromatic carbocycles. The van der Waals surface area contributed by atoms with E-state index in [0.29, 0.717) is 17.4 Å². The summed E-state index contributed by atoms with van der Waals surface area (Å²) in [5.74, 6) is 0.661. The summed E-state index contributed by atoms with van der Waals surface area (Å²) in [5, 5.41) is 7.10. The lowest BCUT2D eigenvalue weighted by molar-refractivity contribution is 0.326. The summed E-state index contributed by atoms with van der Waals surface area (Å²) < 4.78 is 18.1. The summed E-state index contributed by atoms with van der Waals surface area (Å²) in [6, 6.07) is 3.13. The molecule has 5 nitrogen and oxygen atoms in total. The molecule has 2 unspecified atom stereocenters. The Labute approximate surface area is 111 Å². The molecule has 2 heterocycles. The summed E-state index contributed by atoms with van der Waals surface area (Å²) in [7, 11) is 1.91. The number of hydrogen-bond acceptors (Lipinski definition) is 5. The Morgan fingerprint density at radius 1 is 1.42 bits per heavy atom. The van der Waals surface area contributed by atoms with Gasteiger partial charge in [-0.3, -0.25) is 0 Å². The van der Waals surface area contributed by atoms with Gasteiger partial charge in [-0.05, 0) is 25.6 Å². The van der Waals surface area contributed by atoms with Gasteiger partial charge in [0, 0.05) is 6.04 Å². The molecule has 1 N–H and O–H groups in total. The Balaban J connectivity index is 2.21. The fraction of sp³-hybridized carbons (Fsp3) is 0.462. The van der Waals surface area contributed by atoms with Crippen LogP contribution in [0.5, 0.6) is 0 Å². The smallest absolute Gasteiger partial charge is 0.231 e. The van der Waals surface area contributed by atoms with Gasteiger partial charge >= 0.3 is 0 Å². The first-order chi connectivity index (χ1) is 9.15. The van der Waals surface area contributed by atoms with Crippen LogP contribution in [-0.4, -0.2) is 28.2 Å².